The predicted molar refractivity (Wildman–Crippen MR) is 59.9 cm³/mol. The summed E-state index contributed by atoms with van der Waals surface area (Å²) in [6.45, 7) is 5.27. The van der Waals surface area contributed by atoms with Crippen LogP contribution in [0.5, 0.6) is 0 Å². The van der Waals surface area contributed by atoms with Crippen LogP contribution in [0.15, 0.2) is 0 Å². The minimum absolute atomic E-state index is 0.332. The third-order valence-electron chi connectivity index (χ3n) is 3.02. The zero-order chi connectivity index (χ0) is 11.1. The lowest BCUT2D eigenvalue weighted by Gasteiger charge is -2.33. The number of hydrogen-bond acceptors (Lipinski definition) is 3. The van der Waals surface area contributed by atoms with Crippen LogP contribution >= 0.6 is 0 Å². The number of hydrogen-bond donors (Lipinski definition) is 1. The van der Waals surface area contributed by atoms with Gasteiger partial charge < -0.3 is 15.0 Å². The molecule has 1 fully saturated rings. The molecule has 1 aliphatic rings. The first kappa shape index (κ1) is 12.3. The van der Waals surface area contributed by atoms with E-state index in [1.807, 2.05) is 0 Å². The van der Waals surface area contributed by atoms with Crippen LogP contribution in [0, 0.1) is 0 Å². The van der Waals surface area contributed by atoms with Crippen molar-refractivity contribution in [1.29, 1.82) is 0 Å². The molecule has 1 atom stereocenters. The van der Waals surface area contributed by atoms with Gasteiger partial charge in [0, 0.05) is 19.1 Å². The molecule has 1 rings (SSSR count). The molecular formula is C11H22N2O2. The van der Waals surface area contributed by atoms with Crippen molar-refractivity contribution in [3.63, 3.8) is 0 Å². The molecular weight excluding hydrogens is 192 g/mol. The quantitative estimate of drug-likeness (QED) is 0.723. The van der Waals surface area contributed by atoms with Gasteiger partial charge in [0.05, 0.1) is 7.11 Å². The van der Waals surface area contributed by atoms with E-state index >= 15 is 0 Å². The number of nitrogens with zero attached hydrogens (tertiary/aromatic N) is 1. The summed E-state index contributed by atoms with van der Waals surface area (Å²) in [5, 5.41) is 2.70. The first-order chi connectivity index (χ1) is 7.24. The molecule has 1 heterocycles. The second-order valence-electron chi connectivity index (χ2n) is 4.15. The van der Waals surface area contributed by atoms with E-state index in [1.165, 1.54) is 32.9 Å². The predicted octanol–water partition coefficient (Wildman–Crippen LogP) is 1.61. The number of carbonyl (C=O) groups is 1. The van der Waals surface area contributed by atoms with E-state index < -0.39 is 0 Å². The Balaban J connectivity index is 2.06. The highest BCUT2D eigenvalue weighted by atomic mass is 16.5. The molecule has 4 heteroatoms. The van der Waals surface area contributed by atoms with E-state index in [0.717, 1.165) is 13.0 Å². The number of methoxy groups -OCH3 is 1. The SMILES string of the molecule is COC(=O)NCCCN1CCCCC1C. The van der Waals surface area contributed by atoms with Gasteiger partial charge in [0.2, 0.25) is 0 Å². The molecule has 1 N–H and O–H groups in total. The molecule has 0 radical (unpaired) electrons. The smallest absolute Gasteiger partial charge is 0.406 e. The van der Waals surface area contributed by atoms with Gasteiger partial charge >= 0.3 is 6.09 Å². The molecule has 15 heavy (non-hydrogen) atoms. The third kappa shape index (κ3) is 4.51. The van der Waals surface area contributed by atoms with E-state index in [4.69, 9.17) is 0 Å². The maximum absolute atomic E-state index is 10.8. The average molecular weight is 214 g/mol. The van der Waals surface area contributed by atoms with Crippen molar-refractivity contribution < 1.29 is 9.53 Å². The van der Waals surface area contributed by atoms with Crippen molar-refractivity contribution in [2.45, 2.75) is 38.6 Å². The highest BCUT2D eigenvalue weighted by Gasteiger charge is 2.16. The van der Waals surface area contributed by atoms with Crippen LogP contribution in [0.2, 0.25) is 0 Å². The first-order valence-electron chi connectivity index (χ1n) is 5.80. The molecule has 88 valence electrons. The van der Waals surface area contributed by atoms with Crippen LogP contribution < -0.4 is 5.32 Å². The number of carbonyl (C=O) groups excluding carboxylic acids is 1. The van der Waals surface area contributed by atoms with Gasteiger partial charge in [-0.25, -0.2) is 4.79 Å². The maximum Gasteiger partial charge on any atom is 0.406 e. The van der Waals surface area contributed by atoms with Gasteiger partial charge in [0.1, 0.15) is 0 Å². The van der Waals surface area contributed by atoms with Crippen LogP contribution in [0.1, 0.15) is 32.6 Å². The largest absolute Gasteiger partial charge is 0.453 e. The van der Waals surface area contributed by atoms with Crippen LogP contribution in [0.3, 0.4) is 0 Å². The second-order valence-corrected chi connectivity index (χ2v) is 4.15. The van der Waals surface area contributed by atoms with Crippen LogP contribution in [0.4, 0.5) is 4.79 Å². The minimum Gasteiger partial charge on any atom is -0.453 e. The van der Waals surface area contributed by atoms with Crippen molar-refractivity contribution in [3.8, 4) is 0 Å². The molecule has 0 aliphatic carbocycles. The van der Waals surface area contributed by atoms with Crippen molar-refractivity contribution in [2.75, 3.05) is 26.7 Å². The van der Waals surface area contributed by atoms with Crippen molar-refractivity contribution in [3.05, 3.63) is 0 Å². The Labute approximate surface area is 92.0 Å². The molecule has 0 aromatic carbocycles. The number of rotatable bonds is 4. The Morgan fingerprint density at radius 2 is 2.33 bits per heavy atom. The van der Waals surface area contributed by atoms with E-state index in [9.17, 15) is 4.79 Å². The monoisotopic (exact) mass is 214 g/mol. The molecule has 4 nitrogen and oxygen atoms in total. The highest BCUT2D eigenvalue weighted by molar-refractivity contribution is 5.66. The molecule has 1 saturated heterocycles. The van der Waals surface area contributed by atoms with Gasteiger partial charge in [-0.1, -0.05) is 6.42 Å². The number of piperidine rings is 1. The summed E-state index contributed by atoms with van der Waals surface area (Å²) in [4.78, 5) is 13.3. The molecule has 1 amide bonds. The Morgan fingerprint density at radius 3 is 3.00 bits per heavy atom. The van der Waals surface area contributed by atoms with E-state index in [2.05, 4.69) is 21.9 Å². The van der Waals surface area contributed by atoms with Gasteiger partial charge in [0.15, 0.2) is 0 Å². The van der Waals surface area contributed by atoms with Gasteiger partial charge in [-0.3, -0.25) is 0 Å². The fourth-order valence-electron chi connectivity index (χ4n) is 2.03. The van der Waals surface area contributed by atoms with E-state index in [0.29, 0.717) is 12.6 Å². The van der Waals surface area contributed by atoms with E-state index in [-0.39, 0.29) is 6.09 Å². The molecule has 0 saturated carbocycles. The van der Waals surface area contributed by atoms with Gasteiger partial charge in [-0.05, 0) is 32.7 Å². The van der Waals surface area contributed by atoms with Gasteiger partial charge in [-0.2, -0.15) is 0 Å². The number of likely N-dealkylation sites (tertiary alicyclic amines) is 1. The fourth-order valence-corrected chi connectivity index (χ4v) is 2.03. The number of ether oxygens (including phenoxy) is 1. The standard InChI is InChI=1S/C11H22N2O2/c1-10-6-3-4-8-13(10)9-5-7-12-11(14)15-2/h10H,3-9H2,1-2H3,(H,12,14). The Morgan fingerprint density at radius 1 is 1.53 bits per heavy atom. The highest BCUT2D eigenvalue weighted by Crippen LogP contribution is 2.15. The van der Waals surface area contributed by atoms with Gasteiger partial charge in [0.25, 0.3) is 0 Å². The average Bonchev–Trinajstić information content (AvgIpc) is 2.26. The Kier molecular flexibility index (Phi) is 5.47. The normalized spacial score (nSPS) is 22.4. The van der Waals surface area contributed by atoms with Crippen LogP contribution in [0.25, 0.3) is 0 Å². The Hall–Kier alpha value is -0.770. The molecule has 0 aromatic heterocycles. The molecule has 0 bridgehead atoms. The first-order valence-corrected chi connectivity index (χ1v) is 5.80. The van der Waals surface area contributed by atoms with Crippen molar-refractivity contribution in [2.24, 2.45) is 0 Å². The molecule has 1 unspecified atom stereocenters. The Bertz CT molecular complexity index is 197. The van der Waals surface area contributed by atoms with Crippen LogP contribution in [-0.4, -0.2) is 43.8 Å². The summed E-state index contributed by atoms with van der Waals surface area (Å²) in [6.07, 6.45) is 4.65. The maximum atomic E-state index is 10.8. The number of nitrogens with one attached hydrogen (secondary N) is 1. The summed E-state index contributed by atoms with van der Waals surface area (Å²) in [7, 11) is 1.39. The number of amides is 1. The minimum atomic E-state index is -0.332. The zero-order valence-corrected chi connectivity index (χ0v) is 9.79. The van der Waals surface area contributed by atoms with E-state index in [1.54, 1.807) is 0 Å². The fraction of sp³-hybridized carbons (Fsp3) is 0.909. The van der Waals surface area contributed by atoms with Crippen molar-refractivity contribution >= 4 is 6.09 Å². The second kappa shape index (κ2) is 6.67. The molecule has 1 aliphatic heterocycles. The molecule has 0 aromatic rings. The summed E-state index contributed by atoms with van der Waals surface area (Å²) in [5.74, 6) is 0. The molecule has 0 spiro atoms. The lowest BCUT2D eigenvalue weighted by molar-refractivity contribution is 0.154. The lowest BCUT2D eigenvalue weighted by atomic mass is 10.0. The lowest BCUT2D eigenvalue weighted by Crippen LogP contribution is -2.39. The summed E-state index contributed by atoms with van der Waals surface area (Å²) in [5.41, 5.74) is 0. The summed E-state index contributed by atoms with van der Waals surface area (Å²) in [6, 6.07) is 0.705. The number of alkyl carbamates (subject to hydrolysis) is 1. The third-order valence-corrected chi connectivity index (χ3v) is 3.02. The van der Waals surface area contributed by atoms with Crippen molar-refractivity contribution in [1.82, 2.24) is 10.2 Å². The van der Waals surface area contributed by atoms with Gasteiger partial charge in [-0.15, -0.1) is 0 Å². The zero-order valence-electron chi connectivity index (χ0n) is 9.79. The topological polar surface area (TPSA) is 41.6 Å². The van der Waals surface area contributed by atoms with Crippen LogP contribution in [-0.2, 0) is 4.74 Å². The summed E-state index contributed by atoms with van der Waals surface area (Å²) < 4.78 is 4.50. The summed E-state index contributed by atoms with van der Waals surface area (Å²) >= 11 is 0.